The minimum Gasteiger partial charge on any atom is -0.379 e. The molecule has 1 aromatic rings. The Kier molecular flexibility index (Phi) is 9.55. The normalized spacial score (nSPS) is 17.3. The summed E-state index contributed by atoms with van der Waals surface area (Å²) in [5.74, 6) is 2.82. The van der Waals surface area contributed by atoms with Gasteiger partial charge in [0.05, 0.1) is 19.8 Å². The summed E-state index contributed by atoms with van der Waals surface area (Å²) < 4.78 is 10.7. The molecule has 8 heteroatoms. The van der Waals surface area contributed by atoms with Crippen LogP contribution in [0.5, 0.6) is 0 Å². The van der Waals surface area contributed by atoms with Crippen LogP contribution in [0, 0.1) is 12.8 Å². The number of hydrogen-bond donors (Lipinski definition) is 2. The minimum atomic E-state index is 0.456. The van der Waals surface area contributed by atoms with Crippen LogP contribution in [0.2, 0.25) is 0 Å². The summed E-state index contributed by atoms with van der Waals surface area (Å²) in [5, 5.41) is 10.5. The first-order valence-electron chi connectivity index (χ1n) is 10.3. The van der Waals surface area contributed by atoms with E-state index >= 15 is 0 Å². The molecule has 0 saturated carbocycles. The molecule has 0 spiro atoms. The molecule has 2 rings (SSSR count). The van der Waals surface area contributed by atoms with Crippen LogP contribution in [0.4, 0.5) is 0 Å². The number of aliphatic imine (C=N–C) groups is 1. The molecule has 0 bridgehead atoms. The van der Waals surface area contributed by atoms with Gasteiger partial charge < -0.3 is 19.9 Å². The molecular formula is C19H36N6O2. The van der Waals surface area contributed by atoms with Crippen molar-refractivity contribution in [3.8, 4) is 0 Å². The fourth-order valence-corrected chi connectivity index (χ4v) is 3.56. The maximum Gasteiger partial charge on any atom is 0.228 e. The van der Waals surface area contributed by atoms with Crippen LogP contribution >= 0.6 is 0 Å². The highest BCUT2D eigenvalue weighted by Gasteiger charge is 2.26. The zero-order valence-electron chi connectivity index (χ0n) is 17.3. The van der Waals surface area contributed by atoms with E-state index in [9.17, 15) is 0 Å². The van der Waals surface area contributed by atoms with Gasteiger partial charge in [-0.15, -0.1) is 0 Å². The van der Waals surface area contributed by atoms with Gasteiger partial charge in [-0.05, 0) is 19.8 Å². The predicted octanol–water partition coefficient (Wildman–Crippen LogP) is 1.61. The van der Waals surface area contributed by atoms with Gasteiger partial charge in [0.2, 0.25) is 5.89 Å². The van der Waals surface area contributed by atoms with Gasteiger partial charge in [-0.3, -0.25) is 9.89 Å². The second-order valence-electron chi connectivity index (χ2n) is 6.92. The quantitative estimate of drug-likeness (QED) is 0.471. The summed E-state index contributed by atoms with van der Waals surface area (Å²) in [6.45, 7) is 14.4. The van der Waals surface area contributed by atoms with Gasteiger partial charge in [-0.2, -0.15) is 4.98 Å². The molecule has 1 aliphatic rings. The Bertz CT molecular complexity index is 552. The van der Waals surface area contributed by atoms with E-state index in [1.54, 1.807) is 0 Å². The number of aromatic nitrogens is 2. The zero-order valence-corrected chi connectivity index (χ0v) is 17.3. The minimum absolute atomic E-state index is 0.456. The van der Waals surface area contributed by atoms with Gasteiger partial charge in [-0.1, -0.05) is 31.8 Å². The summed E-state index contributed by atoms with van der Waals surface area (Å²) >= 11 is 0. The molecule has 2 heterocycles. The Labute approximate surface area is 163 Å². The van der Waals surface area contributed by atoms with Crippen molar-refractivity contribution in [1.82, 2.24) is 25.7 Å². The molecule has 1 unspecified atom stereocenters. The largest absolute Gasteiger partial charge is 0.379 e. The first-order chi connectivity index (χ1) is 13.2. The Morgan fingerprint density at radius 2 is 1.93 bits per heavy atom. The molecule has 1 atom stereocenters. The maximum absolute atomic E-state index is 5.54. The summed E-state index contributed by atoms with van der Waals surface area (Å²) in [6, 6.07) is 0.456. The highest BCUT2D eigenvalue weighted by Crippen LogP contribution is 2.20. The van der Waals surface area contributed by atoms with Gasteiger partial charge in [0.1, 0.15) is 0 Å². The molecule has 1 aromatic heterocycles. The molecule has 2 N–H and O–H groups in total. The highest BCUT2D eigenvalue weighted by atomic mass is 16.5. The fraction of sp³-hybridized carbons (Fsp3) is 0.842. The van der Waals surface area contributed by atoms with E-state index in [4.69, 9.17) is 14.3 Å². The Morgan fingerprint density at radius 1 is 1.19 bits per heavy atom. The zero-order chi connectivity index (χ0) is 19.5. The molecule has 27 heavy (non-hydrogen) atoms. The average Bonchev–Trinajstić information content (AvgIpc) is 3.10. The van der Waals surface area contributed by atoms with Crippen molar-refractivity contribution in [2.45, 2.75) is 53.0 Å². The molecule has 154 valence electrons. The van der Waals surface area contributed by atoms with E-state index in [1.165, 1.54) is 12.8 Å². The molecule has 0 amide bonds. The average molecular weight is 381 g/mol. The fourth-order valence-electron chi connectivity index (χ4n) is 3.56. The highest BCUT2D eigenvalue weighted by molar-refractivity contribution is 5.79. The number of aryl methyl sites for hydroxylation is 1. The van der Waals surface area contributed by atoms with E-state index in [-0.39, 0.29) is 0 Å². The number of hydrogen-bond acceptors (Lipinski definition) is 6. The number of nitrogens with zero attached hydrogens (tertiary/aromatic N) is 4. The lowest BCUT2D eigenvalue weighted by Gasteiger charge is -2.38. The standard InChI is InChI=1S/C19H36N6O2/c1-5-16(6-2)17(25-10-12-26-13-11-25)14-22-19(20-7-3)21-9-8-18-23-15(4)24-27-18/h16-17H,5-14H2,1-4H3,(H2,20,21,22). The van der Waals surface area contributed by atoms with Crippen LogP contribution in [0.3, 0.4) is 0 Å². The topological polar surface area (TPSA) is 87.8 Å². The van der Waals surface area contributed by atoms with Crippen LogP contribution < -0.4 is 10.6 Å². The second kappa shape index (κ2) is 11.9. The summed E-state index contributed by atoms with van der Waals surface area (Å²) in [4.78, 5) is 11.7. The van der Waals surface area contributed by atoms with Gasteiger partial charge in [0.25, 0.3) is 0 Å². The number of guanidine groups is 1. The maximum atomic E-state index is 5.54. The summed E-state index contributed by atoms with van der Waals surface area (Å²) in [7, 11) is 0. The SMILES string of the molecule is CCNC(=NCC(C(CC)CC)N1CCOCC1)NCCc1nc(C)no1. The van der Waals surface area contributed by atoms with Gasteiger partial charge in [0, 0.05) is 38.6 Å². The monoisotopic (exact) mass is 380 g/mol. The van der Waals surface area contributed by atoms with Crippen LogP contribution in [0.1, 0.15) is 45.3 Å². The summed E-state index contributed by atoms with van der Waals surface area (Å²) in [5.41, 5.74) is 0. The first kappa shape index (κ1) is 21.6. The van der Waals surface area contributed by atoms with Gasteiger partial charge in [0.15, 0.2) is 11.8 Å². The molecule has 1 saturated heterocycles. The van der Waals surface area contributed by atoms with E-state index < -0.39 is 0 Å². The third-order valence-electron chi connectivity index (χ3n) is 5.09. The van der Waals surface area contributed by atoms with Crippen molar-refractivity contribution in [2.75, 3.05) is 45.9 Å². The van der Waals surface area contributed by atoms with Gasteiger partial charge >= 0.3 is 0 Å². The Balaban J connectivity index is 1.94. The molecule has 0 aromatic carbocycles. The van der Waals surface area contributed by atoms with Gasteiger partial charge in [-0.25, -0.2) is 0 Å². The van der Waals surface area contributed by atoms with Crippen LogP contribution in [0.25, 0.3) is 0 Å². The Hall–Kier alpha value is -1.67. The molecule has 8 nitrogen and oxygen atoms in total. The van der Waals surface area contributed by atoms with Crippen molar-refractivity contribution in [2.24, 2.45) is 10.9 Å². The third-order valence-corrected chi connectivity index (χ3v) is 5.09. The van der Waals surface area contributed by atoms with Crippen LogP contribution in [-0.2, 0) is 11.2 Å². The van der Waals surface area contributed by atoms with Crippen LogP contribution in [0.15, 0.2) is 9.52 Å². The molecule has 1 aliphatic heterocycles. The van der Waals surface area contributed by atoms with Crippen LogP contribution in [-0.4, -0.2) is 73.0 Å². The number of nitrogens with one attached hydrogen (secondary N) is 2. The summed E-state index contributed by atoms with van der Waals surface area (Å²) in [6.07, 6.45) is 3.04. The number of morpholine rings is 1. The van der Waals surface area contributed by atoms with Crippen molar-refractivity contribution >= 4 is 5.96 Å². The molecular weight excluding hydrogens is 344 g/mol. The molecule has 0 radical (unpaired) electrons. The van der Waals surface area contributed by atoms with E-state index in [1.807, 2.05) is 6.92 Å². The molecule has 0 aliphatic carbocycles. The van der Waals surface area contributed by atoms with Crippen molar-refractivity contribution < 1.29 is 9.26 Å². The molecule has 1 fully saturated rings. The lowest BCUT2D eigenvalue weighted by Crippen LogP contribution is -2.49. The Morgan fingerprint density at radius 3 is 2.52 bits per heavy atom. The van der Waals surface area contributed by atoms with E-state index in [0.29, 0.717) is 36.6 Å². The smallest absolute Gasteiger partial charge is 0.228 e. The third kappa shape index (κ3) is 7.10. The lowest BCUT2D eigenvalue weighted by molar-refractivity contribution is 0.00395. The number of rotatable bonds is 10. The first-order valence-corrected chi connectivity index (χ1v) is 10.3. The van der Waals surface area contributed by atoms with E-state index in [2.05, 4.69) is 46.4 Å². The second-order valence-corrected chi connectivity index (χ2v) is 6.92. The van der Waals surface area contributed by atoms with Crippen molar-refractivity contribution in [3.63, 3.8) is 0 Å². The lowest BCUT2D eigenvalue weighted by atomic mass is 9.92. The van der Waals surface area contributed by atoms with Crippen molar-refractivity contribution in [1.29, 1.82) is 0 Å². The predicted molar refractivity (Wildman–Crippen MR) is 107 cm³/mol. The van der Waals surface area contributed by atoms with Crippen molar-refractivity contribution in [3.05, 3.63) is 11.7 Å². The number of ether oxygens (including phenoxy) is 1. The van der Waals surface area contributed by atoms with E-state index in [0.717, 1.165) is 45.4 Å².